The molecule has 0 fully saturated rings. The van der Waals surface area contributed by atoms with E-state index in [-0.39, 0.29) is 10.7 Å². The number of aromatic nitrogens is 1. The maximum Gasteiger partial charge on any atom is 0.236 e. The molecular formula is C13H15BrN2OS. The largest absolute Gasteiger partial charge is 0.338 e. The van der Waals surface area contributed by atoms with Gasteiger partial charge >= 0.3 is 0 Å². The molecule has 1 atom stereocenters. The van der Waals surface area contributed by atoms with Crippen molar-refractivity contribution >= 4 is 43.4 Å². The van der Waals surface area contributed by atoms with Crippen molar-refractivity contribution in [3.05, 3.63) is 29.3 Å². The molecule has 2 rings (SSSR count). The molecule has 0 aliphatic rings. The molecule has 0 aliphatic heterocycles. The Kier molecular flexibility index (Phi) is 4.35. The summed E-state index contributed by atoms with van der Waals surface area (Å²) in [5.41, 5.74) is 1.00. The van der Waals surface area contributed by atoms with E-state index in [2.05, 4.69) is 27.0 Å². The van der Waals surface area contributed by atoms with Crippen molar-refractivity contribution in [2.45, 2.75) is 24.7 Å². The normalized spacial score (nSPS) is 12.6. The Morgan fingerprint density at radius 2 is 2.22 bits per heavy atom. The van der Waals surface area contributed by atoms with Crippen LogP contribution in [-0.4, -0.2) is 27.7 Å². The quantitative estimate of drug-likeness (QED) is 0.806. The van der Waals surface area contributed by atoms with Gasteiger partial charge in [0.1, 0.15) is 5.01 Å². The molecule has 1 unspecified atom stereocenters. The van der Waals surface area contributed by atoms with Crippen molar-refractivity contribution in [3.8, 4) is 0 Å². The molecule has 5 heteroatoms. The van der Waals surface area contributed by atoms with E-state index in [4.69, 9.17) is 0 Å². The zero-order valence-corrected chi connectivity index (χ0v) is 12.8. The molecule has 0 bridgehead atoms. The number of carbonyl (C=O) groups is 1. The number of carbonyl (C=O) groups excluding carboxylic acids is 1. The lowest BCUT2D eigenvalue weighted by atomic mass is 10.3. The minimum Gasteiger partial charge on any atom is -0.338 e. The third-order valence-corrected chi connectivity index (χ3v) is 4.77. The average molecular weight is 327 g/mol. The molecule has 3 nitrogen and oxygen atoms in total. The topological polar surface area (TPSA) is 33.2 Å². The summed E-state index contributed by atoms with van der Waals surface area (Å²) >= 11 is 5.02. The minimum absolute atomic E-state index is 0.100. The summed E-state index contributed by atoms with van der Waals surface area (Å²) in [5.74, 6) is 0.108. The van der Waals surface area contributed by atoms with Gasteiger partial charge in [0.2, 0.25) is 5.91 Å². The van der Waals surface area contributed by atoms with Gasteiger partial charge in [0.25, 0.3) is 0 Å². The summed E-state index contributed by atoms with van der Waals surface area (Å²) in [6.45, 7) is 2.56. The van der Waals surface area contributed by atoms with Crippen LogP contribution in [0.3, 0.4) is 0 Å². The number of hydrogen-bond acceptors (Lipinski definition) is 3. The summed E-state index contributed by atoms with van der Waals surface area (Å²) in [7, 11) is 1.82. The van der Waals surface area contributed by atoms with Gasteiger partial charge in [0.15, 0.2) is 0 Å². The summed E-state index contributed by atoms with van der Waals surface area (Å²) in [4.78, 5) is 18.1. The molecule has 18 heavy (non-hydrogen) atoms. The first-order valence-electron chi connectivity index (χ1n) is 5.85. The molecule has 0 spiro atoms. The molecular weight excluding hydrogens is 312 g/mol. The molecule has 1 aromatic heterocycles. The highest BCUT2D eigenvalue weighted by Crippen LogP contribution is 2.22. The number of benzene rings is 1. The molecule has 96 valence electrons. The lowest BCUT2D eigenvalue weighted by Gasteiger charge is -2.18. The molecule has 1 aromatic carbocycles. The SMILES string of the molecule is CCC(Br)C(=O)N(C)Cc1nc2ccccc2s1. The van der Waals surface area contributed by atoms with Crippen LogP contribution in [0, 0.1) is 0 Å². The zero-order chi connectivity index (χ0) is 13.1. The maximum atomic E-state index is 11.9. The first-order valence-corrected chi connectivity index (χ1v) is 7.58. The van der Waals surface area contributed by atoms with Crippen LogP contribution < -0.4 is 0 Å². The highest BCUT2D eigenvalue weighted by molar-refractivity contribution is 9.10. The molecule has 1 heterocycles. The molecule has 0 N–H and O–H groups in total. The van der Waals surface area contributed by atoms with E-state index in [9.17, 15) is 4.79 Å². The highest BCUT2D eigenvalue weighted by Gasteiger charge is 2.18. The van der Waals surface area contributed by atoms with Crippen LogP contribution in [0.25, 0.3) is 10.2 Å². The van der Waals surface area contributed by atoms with E-state index >= 15 is 0 Å². The Morgan fingerprint density at radius 3 is 2.89 bits per heavy atom. The lowest BCUT2D eigenvalue weighted by Crippen LogP contribution is -2.32. The summed E-state index contributed by atoms with van der Waals surface area (Å²) in [6, 6.07) is 8.03. The third-order valence-electron chi connectivity index (χ3n) is 2.71. The van der Waals surface area contributed by atoms with Crippen LogP contribution in [0.15, 0.2) is 24.3 Å². The summed E-state index contributed by atoms with van der Waals surface area (Å²) in [5, 5.41) is 0.975. The number of nitrogens with zero attached hydrogens (tertiary/aromatic N) is 2. The van der Waals surface area contributed by atoms with Crippen LogP contribution in [0.5, 0.6) is 0 Å². The molecule has 1 amide bonds. The molecule has 0 aliphatic carbocycles. The number of halogens is 1. The number of thiazole rings is 1. The van der Waals surface area contributed by atoms with Gasteiger partial charge in [-0.25, -0.2) is 4.98 Å². The number of alkyl halides is 1. The Hall–Kier alpha value is -0.940. The second kappa shape index (κ2) is 5.80. The second-order valence-electron chi connectivity index (χ2n) is 4.15. The molecule has 2 aromatic rings. The smallest absolute Gasteiger partial charge is 0.236 e. The Balaban J connectivity index is 2.11. The van der Waals surface area contributed by atoms with Gasteiger partial charge in [-0.15, -0.1) is 11.3 Å². The fourth-order valence-corrected chi connectivity index (χ4v) is 3.05. The Morgan fingerprint density at radius 1 is 1.50 bits per heavy atom. The van der Waals surface area contributed by atoms with Crippen molar-refractivity contribution < 1.29 is 4.79 Å². The van der Waals surface area contributed by atoms with E-state index in [1.165, 1.54) is 4.70 Å². The highest BCUT2D eigenvalue weighted by atomic mass is 79.9. The van der Waals surface area contributed by atoms with E-state index in [0.29, 0.717) is 6.54 Å². The van der Waals surface area contributed by atoms with Crippen molar-refractivity contribution in [1.29, 1.82) is 0 Å². The summed E-state index contributed by atoms with van der Waals surface area (Å²) in [6.07, 6.45) is 0.795. The zero-order valence-electron chi connectivity index (χ0n) is 10.4. The monoisotopic (exact) mass is 326 g/mol. The van der Waals surface area contributed by atoms with Crippen LogP contribution in [-0.2, 0) is 11.3 Å². The molecule has 0 saturated carbocycles. The van der Waals surface area contributed by atoms with Crippen LogP contribution in [0.2, 0.25) is 0 Å². The van der Waals surface area contributed by atoms with E-state index in [1.54, 1.807) is 16.2 Å². The van der Waals surface area contributed by atoms with E-state index in [1.807, 2.05) is 32.2 Å². The number of amides is 1. The van der Waals surface area contributed by atoms with Gasteiger partial charge < -0.3 is 4.90 Å². The van der Waals surface area contributed by atoms with Gasteiger partial charge in [-0.1, -0.05) is 35.0 Å². The van der Waals surface area contributed by atoms with Crippen LogP contribution >= 0.6 is 27.3 Å². The fraction of sp³-hybridized carbons (Fsp3) is 0.385. The van der Waals surface area contributed by atoms with Crippen molar-refractivity contribution in [3.63, 3.8) is 0 Å². The third kappa shape index (κ3) is 2.90. The number of rotatable bonds is 4. The standard InChI is InChI=1S/C13H15BrN2OS/c1-3-9(14)13(17)16(2)8-12-15-10-6-4-5-7-11(10)18-12/h4-7,9H,3,8H2,1-2H3. The lowest BCUT2D eigenvalue weighted by molar-refractivity contribution is -0.129. The molecule has 0 saturated heterocycles. The van der Waals surface area contributed by atoms with Gasteiger partial charge in [-0.3, -0.25) is 4.79 Å². The van der Waals surface area contributed by atoms with Gasteiger partial charge in [0, 0.05) is 7.05 Å². The van der Waals surface area contributed by atoms with Crippen LogP contribution in [0.4, 0.5) is 0 Å². The number of hydrogen-bond donors (Lipinski definition) is 0. The first-order chi connectivity index (χ1) is 8.61. The van der Waals surface area contributed by atoms with Crippen LogP contribution in [0.1, 0.15) is 18.4 Å². The van der Waals surface area contributed by atoms with Gasteiger partial charge in [-0.2, -0.15) is 0 Å². The predicted octanol–water partition coefficient (Wildman–Crippen LogP) is 3.43. The number of fused-ring (bicyclic) bond motifs is 1. The van der Waals surface area contributed by atoms with E-state index < -0.39 is 0 Å². The van der Waals surface area contributed by atoms with Crippen molar-refractivity contribution in [1.82, 2.24) is 9.88 Å². The van der Waals surface area contributed by atoms with Gasteiger partial charge in [0.05, 0.1) is 21.6 Å². The van der Waals surface area contributed by atoms with Gasteiger partial charge in [-0.05, 0) is 18.6 Å². The first kappa shape index (κ1) is 13.5. The maximum absolute atomic E-state index is 11.9. The summed E-state index contributed by atoms with van der Waals surface area (Å²) < 4.78 is 1.17. The second-order valence-corrected chi connectivity index (χ2v) is 6.37. The van der Waals surface area contributed by atoms with E-state index in [0.717, 1.165) is 16.9 Å². The molecule has 0 radical (unpaired) electrons. The Bertz CT molecular complexity index is 522. The van der Waals surface area contributed by atoms with Crippen molar-refractivity contribution in [2.75, 3.05) is 7.05 Å². The van der Waals surface area contributed by atoms with Crippen molar-refractivity contribution in [2.24, 2.45) is 0 Å². The number of para-hydroxylation sites is 1. The Labute approximate surface area is 119 Å². The average Bonchev–Trinajstić information content (AvgIpc) is 2.78. The minimum atomic E-state index is -0.100. The predicted molar refractivity (Wildman–Crippen MR) is 79.1 cm³/mol. The fourth-order valence-electron chi connectivity index (χ4n) is 1.68.